The minimum Gasteiger partial charge on any atom is -0.453 e. The minimum absolute atomic E-state index is 0.235. The fourth-order valence-electron chi connectivity index (χ4n) is 2.10. The highest BCUT2D eigenvalue weighted by atomic mass is 79.9. The van der Waals surface area contributed by atoms with Crippen LogP contribution in [0.5, 0.6) is 0 Å². The molecule has 1 aliphatic heterocycles. The summed E-state index contributed by atoms with van der Waals surface area (Å²) < 4.78 is 5.85. The van der Waals surface area contributed by atoms with Gasteiger partial charge in [-0.05, 0) is 30.7 Å². The number of anilines is 1. The van der Waals surface area contributed by atoms with Crippen LogP contribution in [0.15, 0.2) is 22.7 Å². The molecule has 0 atom stereocenters. The second-order valence-electron chi connectivity index (χ2n) is 4.38. The van der Waals surface area contributed by atoms with E-state index in [0.717, 1.165) is 17.6 Å². The van der Waals surface area contributed by atoms with Crippen molar-refractivity contribution in [1.82, 2.24) is 4.90 Å². The number of amides is 1. The Morgan fingerprint density at radius 2 is 1.94 bits per heavy atom. The van der Waals surface area contributed by atoms with Crippen LogP contribution in [0.25, 0.3) is 0 Å². The highest BCUT2D eigenvalue weighted by molar-refractivity contribution is 9.10. The van der Waals surface area contributed by atoms with Gasteiger partial charge < -0.3 is 14.5 Å². The van der Waals surface area contributed by atoms with Crippen molar-refractivity contribution in [2.75, 3.05) is 38.2 Å². The molecule has 98 valence electrons. The Balaban J connectivity index is 2.01. The second kappa shape index (κ2) is 5.61. The Labute approximate surface area is 116 Å². The summed E-state index contributed by atoms with van der Waals surface area (Å²) >= 11 is 3.50. The molecular weight excluding hydrogens is 296 g/mol. The number of carbonyl (C=O) groups is 1. The van der Waals surface area contributed by atoms with E-state index in [-0.39, 0.29) is 6.09 Å². The van der Waals surface area contributed by atoms with Gasteiger partial charge in [0.25, 0.3) is 0 Å². The first-order chi connectivity index (χ1) is 8.61. The Kier molecular flexibility index (Phi) is 4.11. The zero-order chi connectivity index (χ0) is 13.1. The van der Waals surface area contributed by atoms with Crippen LogP contribution in [0.4, 0.5) is 10.5 Å². The lowest BCUT2D eigenvalue weighted by Gasteiger charge is -2.35. The molecule has 0 saturated carbocycles. The van der Waals surface area contributed by atoms with Crippen LogP contribution in [-0.4, -0.2) is 44.3 Å². The number of ether oxygens (including phenoxy) is 1. The normalized spacial score (nSPS) is 15.7. The van der Waals surface area contributed by atoms with Crippen molar-refractivity contribution < 1.29 is 9.53 Å². The van der Waals surface area contributed by atoms with Crippen molar-refractivity contribution in [2.45, 2.75) is 6.92 Å². The fraction of sp³-hybridized carbons (Fsp3) is 0.462. The summed E-state index contributed by atoms with van der Waals surface area (Å²) in [5.74, 6) is 0. The number of nitrogens with zero attached hydrogens (tertiary/aromatic N) is 2. The molecule has 1 fully saturated rings. The van der Waals surface area contributed by atoms with E-state index in [1.807, 2.05) is 0 Å². The molecule has 1 aromatic rings. The fourth-order valence-corrected chi connectivity index (χ4v) is 2.35. The van der Waals surface area contributed by atoms with E-state index in [4.69, 9.17) is 4.74 Å². The second-order valence-corrected chi connectivity index (χ2v) is 5.23. The molecule has 1 heterocycles. The summed E-state index contributed by atoms with van der Waals surface area (Å²) in [6.45, 7) is 5.19. The number of carbonyl (C=O) groups excluding carboxylic acids is 1. The molecule has 2 rings (SSSR count). The molecule has 4 nitrogen and oxygen atoms in total. The quantitative estimate of drug-likeness (QED) is 0.799. The van der Waals surface area contributed by atoms with Crippen molar-refractivity contribution in [3.63, 3.8) is 0 Å². The molecular formula is C13H17BrN2O2. The maximum atomic E-state index is 11.4. The SMILES string of the molecule is COC(=O)N1CCN(c2ccc(Br)c(C)c2)CC1. The molecule has 0 aliphatic carbocycles. The van der Waals surface area contributed by atoms with E-state index in [2.05, 4.69) is 46.0 Å². The molecule has 1 aliphatic rings. The molecule has 18 heavy (non-hydrogen) atoms. The van der Waals surface area contributed by atoms with Crippen LogP contribution < -0.4 is 4.90 Å². The third kappa shape index (κ3) is 2.77. The van der Waals surface area contributed by atoms with Crippen molar-refractivity contribution in [3.8, 4) is 0 Å². The summed E-state index contributed by atoms with van der Waals surface area (Å²) in [5, 5.41) is 0. The van der Waals surface area contributed by atoms with Gasteiger partial charge in [0.05, 0.1) is 7.11 Å². The maximum Gasteiger partial charge on any atom is 0.409 e. The summed E-state index contributed by atoms with van der Waals surface area (Å²) in [6, 6.07) is 6.33. The van der Waals surface area contributed by atoms with Gasteiger partial charge in [0.2, 0.25) is 0 Å². The summed E-state index contributed by atoms with van der Waals surface area (Å²) in [4.78, 5) is 15.4. The van der Waals surface area contributed by atoms with Gasteiger partial charge in [-0.15, -0.1) is 0 Å². The maximum absolute atomic E-state index is 11.4. The highest BCUT2D eigenvalue weighted by Gasteiger charge is 2.21. The molecule has 0 spiro atoms. The van der Waals surface area contributed by atoms with Crippen LogP contribution in [0.3, 0.4) is 0 Å². The number of hydrogen-bond acceptors (Lipinski definition) is 3. The minimum atomic E-state index is -0.235. The molecule has 1 saturated heterocycles. The monoisotopic (exact) mass is 312 g/mol. The van der Waals surface area contributed by atoms with Gasteiger partial charge in [0, 0.05) is 36.3 Å². The van der Waals surface area contributed by atoms with E-state index in [1.54, 1.807) is 4.90 Å². The van der Waals surface area contributed by atoms with E-state index in [0.29, 0.717) is 13.1 Å². The molecule has 0 N–H and O–H groups in total. The van der Waals surface area contributed by atoms with Crippen LogP contribution in [0, 0.1) is 6.92 Å². The van der Waals surface area contributed by atoms with Crippen LogP contribution in [0.2, 0.25) is 0 Å². The first-order valence-electron chi connectivity index (χ1n) is 5.96. The number of hydrogen-bond donors (Lipinski definition) is 0. The number of rotatable bonds is 1. The number of methoxy groups -OCH3 is 1. The lowest BCUT2D eigenvalue weighted by molar-refractivity contribution is 0.121. The van der Waals surface area contributed by atoms with Gasteiger partial charge in [-0.3, -0.25) is 0 Å². The first-order valence-corrected chi connectivity index (χ1v) is 6.75. The average molecular weight is 313 g/mol. The molecule has 0 aromatic heterocycles. The number of piperazine rings is 1. The van der Waals surface area contributed by atoms with Gasteiger partial charge in [-0.1, -0.05) is 15.9 Å². The Morgan fingerprint density at radius 3 is 2.50 bits per heavy atom. The van der Waals surface area contributed by atoms with Gasteiger partial charge in [-0.25, -0.2) is 4.79 Å². The standard InChI is InChI=1S/C13H17BrN2O2/c1-10-9-11(3-4-12(10)14)15-5-7-16(8-6-15)13(17)18-2/h3-4,9H,5-8H2,1-2H3. The van der Waals surface area contributed by atoms with E-state index in [9.17, 15) is 4.79 Å². The zero-order valence-electron chi connectivity index (χ0n) is 10.6. The molecule has 1 amide bonds. The van der Waals surface area contributed by atoms with Crippen LogP contribution in [0.1, 0.15) is 5.56 Å². The number of halogens is 1. The molecule has 0 bridgehead atoms. The summed E-state index contributed by atoms with van der Waals surface area (Å²) in [6.07, 6.45) is -0.235. The topological polar surface area (TPSA) is 32.8 Å². The highest BCUT2D eigenvalue weighted by Crippen LogP contribution is 2.23. The van der Waals surface area contributed by atoms with Gasteiger partial charge in [0.1, 0.15) is 0 Å². The summed E-state index contributed by atoms with van der Waals surface area (Å²) in [5.41, 5.74) is 2.43. The predicted octanol–water partition coefficient (Wildman–Crippen LogP) is 2.65. The smallest absolute Gasteiger partial charge is 0.409 e. The molecule has 0 unspecified atom stereocenters. The summed E-state index contributed by atoms with van der Waals surface area (Å²) in [7, 11) is 1.42. The van der Waals surface area contributed by atoms with Crippen molar-refractivity contribution in [1.29, 1.82) is 0 Å². The van der Waals surface area contributed by atoms with Gasteiger partial charge >= 0.3 is 6.09 Å². The Hall–Kier alpha value is -1.23. The Morgan fingerprint density at radius 1 is 1.28 bits per heavy atom. The van der Waals surface area contributed by atoms with Crippen molar-refractivity contribution in [2.24, 2.45) is 0 Å². The molecule has 0 radical (unpaired) electrons. The lowest BCUT2D eigenvalue weighted by atomic mass is 10.2. The van der Waals surface area contributed by atoms with E-state index >= 15 is 0 Å². The molecule has 5 heteroatoms. The van der Waals surface area contributed by atoms with E-state index in [1.165, 1.54) is 18.4 Å². The van der Waals surface area contributed by atoms with Crippen molar-refractivity contribution in [3.05, 3.63) is 28.2 Å². The lowest BCUT2D eigenvalue weighted by Crippen LogP contribution is -2.48. The number of benzene rings is 1. The van der Waals surface area contributed by atoms with Crippen LogP contribution in [-0.2, 0) is 4.74 Å². The largest absolute Gasteiger partial charge is 0.453 e. The number of aryl methyl sites for hydroxylation is 1. The predicted molar refractivity (Wildman–Crippen MR) is 75.1 cm³/mol. The van der Waals surface area contributed by atoms with Gasteiger partial charge in [-0.2, -0.15) is 0 Å². The van der Waals surface area contributed by atoms with Crippen molar-refractivity contribution >= 4 is 27.7 Å². The molecule has 1 aromatic carbocycles. The Bertz CT molecular complexity index is 443. The zero-order valence-corrected chi connectivity index (χ0v) is 12.2. The average Bonchev–Trinajstić information content (AvgIpc) is 2.41. The third-order valence-corrected chi connectivity index (χ3v) is 4.11. The van der Waals surface area contributed by atoms with Gasteiger partial charge in [0.15, 0.2) is 0 Å². The van der Waals surface area contributed by atoms with Crippen LogP contribution >= 0.6 is 15.9 Å². The van der Waals surface area contributed by atoms with E-state index < -0.39 is 0 Å². The first kappa shape index (κ1) is 13.2. The third-order valence-electron chi connectivity index (χ3n) is 3.22.